The molecule has 1 amide bonds. The Labute approximate surface area is 186 Å². The smallest absolute Gasteiger partial charge is 0.408 e. The molecule has 170 valence electrons. The van der Waals surface area contributed by atoms with E-state index in [-0.39, 0.29) is 5.75 Å². The van der Waals surface area contributed by atoms with Gasteiger partial charge in [-0.2, -0.15) is 11.8 Å². The molecule has 0 fully saturated rings. The minimum absolute atomic E-state index is 0.287. The number of nitrogens with one attached hydrogen (secondary N) is 1. The topological polar surface area (TPSA) is 94.8 Å². The third-order valence-corrected chi connectivity index (χ3v) is 5.16. The van der Waals surface area contributed by atoms with Crippen LogP contribution >= 0.6 is 11.8 Å². The molecule has 8 heteroatoms. The van der Waals surface area contributed by atoms with Crippen LogP contribution in [0.1, 0.15) is 51.7 Å². The van der Waals surface area contributed by atoms with Crippen LogP contribution in [-0.2, 0) is 16.0 Å². The van der Waals surface area contributed by atoms with Gasteiger partial charge in [-0.15, -0.1) is 0 Å². The maximum absolute atomic E-state index is 12.9. The van der Waals surface area contributed by atoms with E-state index >= 15 is 0 Å². The Hall–Kier alpha value is -2.48. The normalized spacial score (nSPS) is 12.5. The van der Waals surface area contributed by atoms with E-state index < -0.39 is 29.3 Å². The molecule has 1 heterocycles. The lowest BCUT2D eigenvalue weighted by molar-refractivity contribution is -0.136. The van der Waals surface area contributed by atoms with Crippen LogP contribution in [0.25, 0.3) is 11.0 Å². The average molecular weight is 450 g/mol. The minimum Gasteiger partial charge on any atom is -0.444 e. The van der Waals surface area contributed by atoms with Gasteiger partial charge in [-0.1, -0.05) is 13.3 Å². The van der Waals surface area contributed by atoms with E-state index in [1.165, 1.54) is 6.07 Å². The molecule has 2 aromatic rings. The molecular formula is C23H31NO6S. The van der Waals surface area contributed by atoms with Crippen molar-refractivity contribution in [1.29, 1.82) is 0 Å². The van der Waals surface area contributed by atoms with Crippen molar-refractivity contribution >= 4 is 34.8 Å². The fraction of sp³-hybridized carbons (Fsp3) is 0.522. The third kappa shape index (κ3) is 7.02. The highest BCUT2D eigenvalue weighted by Crippen LogP contribution is 2.29. The Bertz CT molecular complexity index is 992. The first-order valence-corrected chi connectivity index (χ1v) is 11.7. The standard InChI is InChI=1S/C23H31NO6S/c1-7-8-15-13-19(25)29-20-14(2)18(10-9-16(15)20)28-21(26)17(11-12-31-6)24-22(27)30-23(3,4)5/h9-10,13,17H,7-8,11-12H2,1-6H3,(H,24,27)/t17-/m1/s1. The number of hydrogen-bond acceptors (Lipinski definition) is 7. The van der Waals surface area contributed by atoms with Gasteiger partial charge in [0.2, 0.25) is 0 Å². The Morgan fingerprint density at radius 2 is 1.97 bits per heavy atom. The van der Waals surface area contributed by atoms with Crippen molar-refractivity contribution in [3.05, 3.63) is 39.7 Å². The molecule has 1 atom stereocenters. The van der Waals surface area contributed by atoms with Gasteiger partial charge in [0.1, 0.15) is 23.0 Å². The number of benzene rings is 1. The van der Waals surface area contributed by atoms with Gasteiger partial charge in [-0.3, -0.25) is 0 Å². The maximum atomic E-state index is 12.9. The molecule has 0 spiro atoms. The molecule has 0 aliphatic heterocycles. The number of thioether (sulfide) groups is 1. The molecule has 0 aliphatic carbocycles. The van der Waals surface area contributed by atoms with Crippen molar-refractivity contribution in [3.63, 3.8) is 0 Å². The van der Waals surface area contributed by atoms with Gasteiger partial charge in [-0.05, 0) is 70.2 Å². The first kappa shape index (κ1) is 24.8. The summed E-state index contributed by atoms with van der Waals surface area (Å²) in [5.41, 5.74) is 0.746. The van der Waals surface area contributed by atoms with Crippen molar-refractivity contribution in [2.24, 2.45) is 0 Å². The number of carbonyl (C=O) groups excluding carboxylic acids is 2. The Morgan fingerprint density at radius 3 is 2.58 bits per heavy atom. The van der Waals surface area contributed by atoms with E-state index in [2.05, 4.69) is 5.32 Å². The summed E-state index contributed by atoms with van der Waals surface area (Å²) in [6.45, 7) is 9.03. The van der Waals surface area contributed by atoms with E-state index in [1.54, 1.807) is 51.6 Å². The monoisotopic (exact) mass is 449 g/mol. The molecule has 1 aromatic carbocycles. The lowest BCUT2D eigenvalue weighted by Gasteiger charge is -2.23. The zero-order chi connectivity index (χ0) is 23.2. The summed E-state index contributed by atoms with van der Waals surface area (Å²) in [7, 11) is 0. The highest BCUT2D eigenvalue weighted by Gasteiger charge is 2.26. The molecule has 1 N–H and O–H groups in total. The Kier molecular flexibility index (Phi) is 8.56. The summed E-state index contributed by atoms with van der Waals surface area (Å²) >= 11 is 1.56. The van der Waals surface area contributed by atoms with Gasteiger partial charge >= 0.3 is 17.7 Å². The molecule has 0 unspecified atom stereocenters. The van der Waals surface area contributed by atoms with Crippen molar-refractivity contribution in [2.75, 3.05) is 12.0 Å². The number of amides is 1. The lowest BCUT2D eigenvalue weighted by Crippen LogP contribution is -2.45. The van der Waals surface area contributed by atoms with E-state index in [4.69, 9.17) is 13.9 Å². The number of aryl methyl sites for hydroxylation is 2. The first-order chi connectivity index (χ1) is 14.6. The minimum atomic E-state index is -0.865. The van der Waals surface area contributed by atoms with Crippen LogP contribution in [0.4, 0.5) is 4.79 Å². The highest BCUT2D eigenvalue weighted by atomic mass is 32.2. The van der Waals surface area contributed by atoms with Gasteiger partial charge in [-0.25, -0.2) is 14.4 Å². The molecule has 0 aliphatic rings. The van der Waals surface area contributed by atoms with E-state index in [9.17, 15) is 14.4 Å². The van der Waals surface area contributed by atoms with Crippen LogP contribution in [0.5, 0.6) is 5.75 Å². The second-order valence-electron chi connectivity index (χ2n) is 8.31. The zero-order valence-electron chi connectivity index (χ0n) is 19.0. The van der Waals surface area contributed by atoms with Crippen LogP contribution < -0.4 is 15.7 Å². The molecule has 0 radical (unpaired) electrons. The van der Waals surface area contributed by atoms with Gasteiger partial charge in [0.05, 0.1) is 0 Å². The highest BCUT2D eigenvalue weighted by molar-refractivity contribution is 7.98. The Balaban J connectivity index is 2.28. The molecule has 7 nitrogen and oxygen atoms in total. The second-order valence-corrected chi connectivity index (χ2v) is 9.29. The summed E-state index contributed by atoms with van der Waals surface area (Å²) in [6, 6.07) is 4.11. The number of hydrogen-bond donors (Lipinski definition) is 1. The maximum Gasteiger partial charge on any atom is 0.408 e. The van der Waals surface area contributed by atoms with Gasteiger partial charge < -0.3 is 19.2 Å². The number of rotatable bonds is 8. The summed E-state index contributed by atoms with van der Waals surface area (Å²) in [5, 5.41) is 3.42. The van der Waals surface area contributed by atoms with E-state index in [0.717, 1.165) is 23.8 Å². The fourth-order valence-corrected chi connectivity index (χ4v) is 3.58. The van der Waals surface area contributed by atoms with Crippen LogP contribution in [0.15, 0.2) is 27.4 Å². The zero-order valence-corrected chi connectivity index (χ0v) is 19.8. The fourth-order valence-electron chi connectivity index (χ4n) is 3.11. The molecule has 0 saturated carbocycles. The number of ether oxygens (including phenoxy) is 2. The summed E-state index contributed by atoms with van der Waals surface area (Å²) in [5.74, 6) is 0.338. The summed E-state index contributed by atoms with van der Waals surface area (Å²) < 4.78 is 16.3. The largest absolute Gasteiger partial charge is 0.444 e. The third-order valence-electron chi connectivity index (χ3n) is 4.51. The first-order valence-electron chi connectivity index (χ1n) is 10.3. The van der Waals surface area contributed by atoms with Gasteiger partial charge in [0.25, 0.3) is 0 Å². The molecule has 2 rings (SSSR count). The van der Waals surface area contributed by atoms with Gasteiger partial charge in [0.15, 0.2) is 0 Å². The number of alkyl carbamates (subject to hydrolysis) is 1. The predicted octanol–water partition coefficient (Wildman–Crippen LogP) is 4.61. The summed E-state index contributed by atoms with van der Waals surface area (Å²) in [4.78, 5) is 37.0. The molecule has 1 aromatic heterocycles. The lowest BCUT2D eigenvalue weighted by atomic mass is 10.0. The van der Waals surface area contributed by atoms with Gasteiger partial charge in [0, 0.05) is 17.0 Å². The van der Waals surface area contributed by atoms with Crippen molar-refractivity contribution in [1.82, 2.24) is 5.32 Å². The van der Waals surface area contributed by atoms with Crippen LogP contribution in [0, 0.1) is 6.92 Å². The molecule has 0 bridgehead atoms. The van der Waals surface area contributed by atoms with Crippen molar-refractivity contribution in [3.8, 4) is 5.75 Å². The molecular weight excluding hydrogens is 418 g/mol. The predicted molar refractivity (Wildman–Crippen MR) is 123 cm³/mol. The average Bonchev–Trinajstić information content (AvgIpc) is 2.66. The summed E-state index contributed by atoms with van der Waals surface area (Å²) in [6.07, 6.45) is 3.26. The van der Waals surface area contributed by atoms with Crippen molar-refractivity contribution in [2.45, 2.75) is 65.5 Å². The number of carbonyl (C=O) groups is 2. The molecule has 0 saturated heterocycles. The SMILES string of the molecule is CCCc1cc(=O)oc2c(C)c(OC(=O)[C@@H](CCSC)NC(=O)OC(C)(C)C)ccc12. The van der Waals surface area contributed by atoms with Crippen LogP contribution in [0.3, 0.4) is 0 Å². The van der Waals surface area contributed by atoms with Crippen molar-refractivity contribution < 1.29 is 23.5 Å². The van der Waals surface area contributed by atoms with E-state index in [1.807, 2.05) is 13.2 Å². The number of esters is 1. The van der Waals surface area contributed by atoms with Crippen LogP contribution in [-0.4, -0.2) is 35.7 Å². The quantitative estimate of drug-likeness (QED) is 0.357. The molecule has 31 heavy (non-hydrogen) atoms. The van der Waals surface area contributed by atoms with E-state index in [0.29, 0.717) is 23.3 Å². The second kappa shape index (κ2) is 10.7. The Morgan fingerprint density at radius 1 is 1.26 bits per heavy atom. The number of fused-ring (bicyclic) bond motifs is 1. The van der Waals surface area contributed by atoms with Crippen LogP contribution in [0.2, 0.25) is 0 Å².